The Balaban J connectivity index is 2.88. The van der Waals surface area contributed by atoms with Crippen LogP contribution in [-0.2, 0) is 0 Å². The van der Waals surface area contributed by atoms with Gasteiger partial charge < -0.3 is 20.1 Å². The molecule has 0 bridgehead atoms. The first-order chi connectivity index (χ1) is 9.35. The van der Waals surface area contributed by atoms with Gasteiger partial charge in [-0.2, -0.15) is 0 Å². The fraction of sp³-hybridized carbons (Fsp3) is 0.533. The zero-order valence-corrected chi connectivity index (χ0v) is 12.9. The third-order valence-electron chi connectivity index (χ3n) is 2.30. The molecule has 0 aliphatic heterocycles. The summed E-state index contributed by atoms with van der Waals surface area (Å²) in [5.74, 6) is 1.32. The number of rotatable bonds is 5. The molecule has 0 aliphatic rings. The lowest BCUT2D eigenvalue weighted by molar-refractivity contribution is 0.243. The van der Waals surface area contributed by atoms with Crippen molar-refractivity contribution >= 4 is 11.7 Å². The predicted molar refractivity (Wildman–Crippen MR) is 80.7 cm³/mol. The van der Waals surface area contributed by atoms with E-state index >= 15 is 0 Å². The first-order valence-electron chi connectivity index (χ1n) is 6.84. The molecule has 2 amide bonds. The molecule has 0 spiro atoms. The van der Waals surface area contributed by atoms with Gasteiger partial charge in [-0.15, -0.1) is 0 Å². The SMILES string of the molecule is CCOc1ccc(OCC)c(NC(=O)NC(C)(C)C)c1. The van der Waals surface area contributed by atoms with E-state index in [0.717, 1.165) is 0 Å². The molecule has 20 heavy (non-hydrogen) atoms. The van der Waals surface area contributed by atoms with E-state index in [-0.39, 0.29) is 11.6 Å². The molecular formula is C15H24N2O3. The third-order valence-corrected chi connectivity index (χ3v) is 2.30. The molecule has 0 atom stereocenters. The minimum Gasteiger partial charge on any atom is -0.494 e. The van der Waals surface area contributed by atoms with Crippen LogP contribution in [0.2, 0.25) is 0 Å². The van der Waals surface area contributed by atoms with Crippen LogP contribution in [0.1, 0.15) is 34.6 Å². The Labute approximate surface area is 120 Å². The molecule has 2 N–H and O–H groups in total. The lowest BCUT2D eigenvalue weighted by atomic mass is 10.1. The minimum absolute atomic E-state index is 0.271. The Morgan fingerprint density at radius 3 is 2.35 bits per heavy atom. The van der Waals surface area contributed by atoms with Gasteiger partial charge in [-0.05, 0) is 46.8 Å². The molecule has 5 nitrogen and oxygen atoms in total. The van der Waals surface area contributed by atoms with Gasteiger partial charge in [-0.1, -0.05) is 0 Å². The molecule has 1 aromatic carbocycles. The van der Waals surface area contributed by atoms with Gasteiger partial charge in [0.2, 0.25) is 0 Å². The summed E-state index contributed by atoms with van der Waals surface area (Å²) in [6, 6.07) is 5.10. The summed E-state index contributed by atoms with van der Waals surface area (Å²) in [4.78, 5) is 11.9. The van der Waals surface area contributed by atoms with Crippen molar-refractivity contribution in [1.29, 1.82) is 0 Å². The van der Waals surface area contributed by atoms with Crippen LogP contribution in [0.3, 0.4) is 0 Å². The van der Waals surface area contributed by atoms with Crippen molar-refractivity contribution in [2.24, 2.45) is 0 Å². The number of ether oxygens (including phenoxy) is 2. The summed E-state index contributed by atoms with van der Waals surface area (Å²) in [6.45, 7) is 10.7. The van der Waals surface area contributed by atoms with Crippen molar-refractivity contribution < 1.29 is 14.3 Å². The van der Waals surface area contributed by atoms with Crippen LogP contribution in [0.15, 0.2) is 18.2 Å². The molecule has 1 aromatic rings. The van der Waals surface area contributed by atoms with Crippen molar-refractivity contribution in [2.45, 2.75) is 40.2 Å². The molecule has 0 aliphatic carbocycles. The van der Waals surface area contributed by atoms with E-state index in [1.54, 1.807) is 12.1 Å². The summed E-state index contributed by atoms with van der Waals surface area (Å²) in [5, 5.41) is 5.64. The molecule has 0 unspecified atom stereocenters. The molecule has 0 radical (unpaired) electrons. The third kappa shape index (κ3) is 5.38. The Bertz CT molecular complexity index is 453. The zero-order valence-electron chi connectivity index (χ0n) is 12.9. The molecule has 0 aromatic heterocycles. The van der Waals surface area contributed by atoms with Crippen LogP contribution < -0.4 is 20.1 Å². The molecule has 0 saturated carbocycles. The fourth-order valence-corrected chi connectivity index (χ4v) is 1.64. The summed E-state index contributed by atoms with van der Waals surface area (Å²) in [5.41, 5.74) is 0.299. The van der Waals surface area contributed by atoms with E-state index in [1.165, 1.54) is 0 Å². The highest BCUT2D eigenvalue weighted by atomic mass is 16.5. The summed E-state index contributed by atoms with van der Waals surface area (Å²) >= 11 is 0. The minimum atomic E-state index is -0.298. The van der Waals surface area contributed by atoms with Gasteiger partial charge in [0.15, 0.2) is 0 Å². The molecule has 1 rings (SSSR count). The highest BCUT2D eigenvalue weighted by Crippen LogP contribution is 2.29. The van der Waals surface area contributed by atoms with Crippen LogP contribution in [0.25, 0.3) is 0 Å². The normalized spacial score (nSPS) is 10.8. The Morgan fingerprint density at radius 2 is 1.80 bits per heavy atom. The number of carbonyl (C=O) groups excluding carboxylic acids is 1. The van der Waals surface area contributed by atoms with E-state index in [9.17, 15) is 4.79 Å². The summed E-state index contributed by atoms with van der Waals surface area (Å²) in [7, 11) is 0. The first-order valence-corrected chi connectivity index (χ1v) is 6.84. The number of amides is 2. The smallest absolute Gasteiger partial charge is 0.319 e. The monoisotopic (exact) mass is 280 g/mol. The molecule has 0 fully saturated rings. The average Bonchev–Trinajstić information content (AvgIpc) is 2.30. The summed E-state index contributed by atoms with van der Waals surface area (Å²) < 4.78 is 10.9. The second kappa shape index (κ2) is 7.03. The number of hydrogen-bond acceptors (Lipinski definition) is 3. The van der Waals surface area contributed by atoms with Gasteiger partial charge in [0, 0.05) is 11.6 Å². The average molecular weight is 280 g/mol. The van der Waals surface area contributed by atoms with Gasteiger partial charge in [0.25, 0.3) is 0 Å². The van der Waals surface area contributed by atoms with Gasteiger partial charge in [0.05, 0.1) is 18.9 Å². The van der Waals surface area contributed by atoms with Crippen LogP contribution in [0.5, 0.6) is 11.5 Å². The number of hydrogen-bond donors (Lipinski definition) is 2. The molecule has 0 saturated heterocycles. The molecular weight excluding hydrogens is 256 g/mol. The van der Waals surface area contributed by atoms with Gasteiger partial charge in [-0.3, -0.25) is 0 Å². The lowest BCUT2D eigenvalue weighted by Crippen LogP contribution is -2.43. The van der Waals surface area contributed by atoms with Gasteiger partial charge >= 0.3 is 6.03 Å². The van der Waals surface area contributed by atoms with Crippen LogP contribution in [-0.4, -0.2) is 24.8 Å². The highest BCUT2D eigenvalue weighted by molar-refractivity contribution is 5.91. The van der Waals surface area contributed by atoms with Crippen molar-refractivity contribution in [2.75, 3.05) is 18.5 Å². The maximum atomic E-state index is 11.9. The Hall–Kier alpha value is -1.91. The topological polar surface area (TPSA) is 59.6 Å². The predicted octanol–water partition coefficient (Wildman–Crippen LogP) is 3.40. The highest BCUT2D eigenvalue weighted by Gasteiger charge is 2.15. The number of nitrogens with one attached hydrogen (secondary N) is 2. The van der Waals surface area contributed by atoms with Crippen LogP contribution >= 0.6 is 0 Å². The largest absolute Gasteiger partial charge is 0.494 e. The van der Waals surface area contributed by atoms with E-state index in [2.05, 4.69) is 10.6 Å². The Kier molecular flexibility index (Phi) is 5.67. The zero-order chi connectivity index (χ0) is 15.2. The van der Waals surface area contributed by atoms with Gasteiger partial charge in [0.1, 0.15) is 11.5 Å². The molecule has 5 heteroatoms. The number of carbonyl (C=O) groups is 1. The van der Waals surface area contributed by atoms with E-state index in [0.29, 0.717) is 30.4 Å². The standard InChI is InChI=1S/C15H24N2O3/c1-6-19-11-8-9-13(20-7-2)12(10-11)16-14(18)17-15(3,4)5/h8-10H,6-7H2,1-5H3,(H2,16,17,18). The van der Waals surface area contributed by atoms with Crippen molar-refractivity contribution in [3.63, 3.8) is 0 Å². The second-order valence-corrected chi connectivity index (χ2v) is 5.35. The van der Waals surface area contributed by atoms with E-state index in [1.807, 2.05) is 40.7 Å². The maximum absolute atomic E-state index is 11.9. The number of urea groups is 1. The maximum Gasteiger partial charge on any atom is 0.319 e. The number of anilines is 1. The lowest BCUT2D eigenvalue weighted by Gasteiger charge is -2.21. The number of benzene rings is 1. The van der Waals surface area contributed by atoms with Crippen LogP contribution in [0, 0.1) is 0 Å². The van der Waals surface area contributed by atoms with Crippen LogP contribution in [0.4, 0.5) is 10.5 Å². The second-order valence-electron chi connectivity index (χ2n) is 5.35. The van der Waals surface area contributed by atoms with Crippen molar-refractivity contribution in [3.05, 3.63) is 18.2 Å². The molecule has 112 valence electrons. The van der Waals surface area contributed by atoms with Crippen molar-refractivity contribution in [1.82, 2.24) is 5.32 Å². The van der Waals surface area contributed by atoms with E-state index in [4.69, 9.17) is 9.47 Å². The Morgan fingerprint density at radius 1 is 1.15 bits per heavy atom. The van der Waals surface area contributed by atoms with Gasteiger partial charge in [-0.25, -0.2) is 4.79 Å². The fourth-order valence-electron chi connectivity index (χ4n) is 1.64. The quantitative estimate of drug-likeness (QED) is 0.869. The summed E-state index contributed by atoms with van der Waals surface area (Å²) in [6.07, 6.45) is 0. The first kappa shape index (κ1) is 16.1. The van der Waals surface area contributed by atoms with E-state index < -0.39 is 0 Å². The van der Waals surface area contributed by atoms with Crippen molar-refractivity contribution in [3.8, 4) is 11.5 Å². The molecule has 0 heterocycles.